The second-order valence-corrected chi connectivity index (χ2v) is 3.58. The van der Waals surface area contributed by atoms with Crippen LogP contribution in [0.15, 0.2) is 10.5 Å². The molecule has 0 fully saturated rings. The van der Waals surface area contributed by atoms with Gasteiger partial charge < -0.3 is 9.47 Å². The highest BCUT2D eigenvalue weighted by atomic mass is 79.9. The van der Waals surface area contributed by atoms with Gasteiger partial charge in [0.1, 0.15) is 5.82 Å². The monoisotopic (exact) mass is 273 g/mol. The summed E-state index contributed by atoms with van der Waals surface area (Å²) in [5.41, 5.74) is 0.200. The first kappa shape index (κ1) is 11.8. The smallest absolute Gasteiger partial charge is 0.167 e. The van der Waals surface area contributed by atoms with Crippen LogP contribution in [0.25, 0.3) is 0 Å². The Morgan fingerprint density at radius 1 is 1.47 bits per heavy atom. The molecule has 0 saturated heterocycles. The van der Waals surface area contributed by atoms with Crippen LogP contribution in [0.1, 0.15) is 5.56 Å². The largest absolute Gasteiger partial charge is 0.493 e. The highest BCUT2D eigenvalue weighted by Gasteiger charge is 2.18. The molecule has 0 radical (unpaired) electrons. The van der Waals surface area contributed by atoms with Crippen LogP contribution in [0.3, 0.4) is 0 Å². The Bertz CT molecular complexity index is 415. The van der Waals surface area contributed by atoms with E-state index in [0.717, 1.165) is 0 Å². The number of halogens is 2. The number of hydrogen-bond donors (Lipinski definition) is 0. The standard InChI is InChI=1S/C10H9BrFNO2/c1-14-8-5-7(11)9(12)6(3-4-13)10(8)15-2/h5H,3H2,1-2H3. The zero-order chi connectivity index (χ0) is 11.4. The van der Waals surface area contributed by atoms with Gasteiger partial charge in [0, 0.05) is 11.6 Å². The van der Waals surface area contributed by atoms with Crippen LogP contribution < -0.4 is 9.47 Å². The van der Waals surface area contributed by atoms with Crippen LogP contribution >= 0.6 is 15.9 Å². The predicted octanol–water partition coefficient (Wildman–Crippen LogP) is 2.67. The minimum Gasteiger partial charge on any atom is -0.493 e. The van der Waals surface area contributed by atoms with Crippen molar-refractivity contribution in [3.63, 3.8) is 0 Å². The number of rotatable bonds is 3. The lowest BCUT2D eigenvalue weighted by atomic mass is 10.1. The van der Waals surface area contributed by atoms with Gasteiger partial charge in [-0.3, -0.25) is 0 Å². The number of ether oxygens (including phenoxy) is 2. The lowest BCUT2D eigenvalue weighted by Crippen LogP contribution is -1.99. The molecule has 1 rings (SSSR count). The molecule has 0 saturated carbocycles. The minimum atomic E-state index is -0.491. The summed E-state index contributed by atoms with van der Waals surface area (Å²) in [5.74, 6) is 0.171. The molecule has 0 bridgehead atoms. The van der Waals surface area contributed by atoms with Crippen LogP contribution in [0.2, 0.25) is 0 Å². The van der Waals surface area contributed by atoms with Crippen molar-refractivity contribution in [1.29, 1.82) is 5.26 Å². The SMILES string of the molecule is COc1cc(Br)c(F)c(CC#N)c1OC. The molecule has 0 unspecified atom stereocenters. The molecule has 0 spiro atoms. The maximum atomic E-state index is 13.6. The van der Waals surface area contributed by atoms with Gasteiger partial charge in [-0.25, -0.2) is 4.39 Å². The summed E-state index contributed by atoms with van der Waals surface area (Å²) in [5, 5.41) is 8.59. The Morgan fingerprint density at radius 2 is 2.13 bits per heavy atom. The number of benzene rings is 1. The molecule has 0 amide bonds. The Labute approximate surface area is 95.5 Å². The number of methoxy groups -OCH3 is 2. The van der Waals surface area contributed by atoms with E-state index in [1.165, 1.54) is 20.3 Å². The number of hydrogen-bond acceptors (Lipinski definition) is 3. The van der Waals surface area contributed by atoms with Gasteiger partial charge in [0.25, 0.3) is 0 Å². The van der Waals surface area contributed by atoms with Crippen molar-refractivity contribution in [3.8, 4) is 17.6 Å². The topological polar surface area (TPSA) is 42.2 Å². The Balaban J connectivity index is 3.43. The van der Waals surface area contributed by atoms with E-state index in [0.29, 0.717) is 5.75 Å². The third-order valence-electron chi connectivity index (χ3n) is 1.91. The van der Waals surface area contributed by atoms with E-state index in [1.807, 2.05) is 6.07 Å². The molecule has 0 aliphatic carbocycles. The van der Waals surface area contributed by atoms with Crippen molar-refractivity contribution in [2.24, 2.45) is 0 Å². The van der Waals surface area contributed by atoms with Crippen LogP contribution in [0, 0.1) is 17.1 Å². The molecule has 0 aromatic heterocycles. The maximum Gasteiger partial charge on any atom is 0.167 e. The summed E-state index contributed by atoms with van der Waals surface area (Å²) >= 11 is 3.05. The molecule has 15 heavy (non-hydrogen) atoms. The number of nitriles is 1. The Hall–Kier alpha value is -1.28. The van der Waals surface area contributed by atoms with Crippen molar-refractivity contribution in [1.82, 2.24) is 0 Å². The first-order valence-electron chi connectivity index (χ1n) is 4.11. The fraction of sp³-hybridized carbons (Fsp3) is 0.300. The highest BCUT2D eigenvalue weighted by Crippen LogP contribution is 2.37. The highest BCUT2D eigenvalue weighted by molar-refractivity contribution is 9.10. The van der Waals surface area contributed by atoms with Crippen molar-refractivity contribution in [3.05, 3.63) is 21.9 Å². The van der Waals surface area contributed by atoms with E-state index < -0.39 is 5.82 Å². The van der Waals surface area contributed by atoms with E-state index in [9.17, 15) is 4.39 Å². The molecule has 80 valence electrons. The molecule has 0 aliphatic heterocycles. The van der Waals surface area contributed by atoms with Crippen LogP contribution in [-0.2, 0) is 6.42 Å². The van der Waals surface area contributed by atoms with Crippen molar-refractivity contribution in [2.45, 2.75) is 6.42 Å². The van der Waals surface area contributed by atoms with E-state index in [-0.39, 0.29) is 22.2 Å². The quantitative estimate of drug-likeness (QED) is 0.851. The molecule has 0 N–H and O–H groups in total. The first-order valence-corrected chi connectivity index (χ1v) is 4.90. The van der Waals surface area contributed by atoms with Gasteiger partial charge in [0.05, 0.1) is 31.2 Å². The lowest BCUT2D eigenvalue weighted by Gasteiger charge is -2.12. The zero-order valence-electron chi connectivity index (χ0n) is 8.30. The normalized spacial score (nSPS) is 9.53. The van der Waals surface area contributed by atoms with E-state index in [4.69, 9.17) is 14.7 Å². The molecule has 1 aromatic carbocycles. The summed E-state index contributed by atoms with van der Waals surface area (Å²) in [4.78, 5) is 0. The zero-order valence-corrected chi connectivity index (χ0v) is 9.89. The first-order chi connectivity index (χ1) is 7.15. The molecule has 0 atom stereocenters. The molecule has 3 nitrogen and oxygen atoms in total. The average Bonchev–Trinajstić information content (AvgIpc) is 2.24. The second-order valence-electron chi connectivity index (χ2n) is 2.72. The van der Waals surface area contributed by atoms with Gasteiger partial charge in [-0.2, -0.15) is 5.26 Å². The maximum absolute atomic E-state index is 13.6. The summed E-state index contributed by atoms with van der Waals surface area (Å²) in [6.07, 6.45) is -0.0647. The summed E-state index contributed by atoms with van der Waals surface area (Å²) in [7, 11) is 2.87. The molecule has 1 aromatic rings. The average molecular weight is 274 g/mol. The van der Waals surface area contributed by atoms with Crippen LogP contribution in [-0.4, -0.2) is 14.2 Å². The van der Waals surface area contributed by atoms with Gasteiger partial charge in [0.15, 0.2) is 11.5 Å². The van der Waals surface area contributed by atoms with E-state index in [2.05, 4.69) is 15.9 Å². The summed E-state index contributed by atoms with van der Waals surface area (Å²) in [6, 6.07) is 3.35. The van der Waals surface area contributed by atoms with Gasteiger partial charge >= 0.3 is 0 Å². The third-order valence-corrected chi connectivity index (χ3v) is 2.49. The van der Waals surface area contributed by atoms with E-state index >= 15 is 0 Å². The Kier molecular flexibility index (Phi) is 3.92. The molecular weight excluding hydrogens is 265 g/mol. The van der Waals surface area contributed by atoms with Crippen LogP contribution in [0.5, 0.6) is 11.5 Å². The summed E-state index contributed by atoms with van der Waals surface area (Å²) < 4.78 is 23.9. The lowest BCUT2D eigenvalue weighted by molar-refractivity contribution is 0.348. The van der Waals surface area contributed by atoms with Crippen molar-refractivity contribution in [2.75, 3.05) is 14.2 Å². The number of nitrogens with zero attached hydrogens (tertiary/aromatic N) is 1. The predicted molar refractivity (Wildman–Crippen MR) is 56.5 cm³/mol. The minimum absolute atomic E-state index is 0.0647. The van der Waals surface area contributed by atoms with Gasteiger partial charge in [0.2, 0.25) is 0 Å². The van der Waals surface area contributed by atoms with Gasteiger partial charge in [-0.15, -0.1) is 0 Å². The van der Waals surface area contributed by atoms with Crippen molar-refractivity contribution < 1.29 is 13.9 Å². The molecule has 5 heteroatoms. The molecular formula is C10H9BrFNO2. The summed E-state index contributed by atoms with van der Waals surface area (Å²) in [6.45, 7) is 0. The third kappa shape index (κ3) is 2.21. The molecule has 0 heterocycles. The van der Waals surface area contributed by atoms with E-state index in [1.54, 1.807) is 0 Å². The van der Waals surface area contributed by atoms with Gasteiger partial charge in [-0.05, 0) is 15.9 Å². The Morgan fingerprint density at radius 3 is 2.60 bits per heavy atom. The van der Waals surface area contributed by atoms with Gasteiger partial charge in [-0.1, -0.05) is 0 Å². The fourth-order valence-corrected chi connectivity index (χ4v) is 1.70. The molecule has 0 aliphatic rings. The van der Waals surface area contributed by atoms with Crippen molar-refractivity contribution >= 4 is 15.9 Å². The fourth-order valence-electron chi connectivity index (χ4n) is 1.25. The second kappa shape index (κ2) is 4.99. The van der Waals surface area contributed by atoms with Crippen LogP contribution in [0.4, 0.5) is 4.39 Å².